The molecule has 0 radical (unpaired) electrons. The van der Waals surface area contributed by atoms with Crippen LogP contribution in [0.4, 0.5) is 42.9 Å². The van der Waals surface area contributed by atoms with Crippen LogP contribution in [0.3, 0.4) is 0 Å². The summed E-state index contributed by atoms with van der Waals surface area (Å²) in [7, 11) is 0. The van der Waals surface area contributed by atoms with Crippen LogP contribution in [0.15, 0.2) is 122 Å². The molecule has 3 aliphatic rings. The van der Waals surface area contributed by atoms with Gasteiger partial charge in [0.05, 0.1) is 77.2 Å². The van der Waals surface area contributed by atoms with Crippen LogP contribution in [-0.4, -0.2) is 89.4 Å². The third kappa shape index (κ3) is 10.7. The number of ketones is 1. The van der Waals surface area contributed by atoms with Crippen LogP contribution in [0.5, 0.6) is 0 Å². The molecule has 11 rings (SSSR count). The number of benzene rings is 4. The maximum Gasteiger partial charge on any atom is 0.335 e. The molecule has 0 spiro atoms. The number of ether oxygens (including phenoxy) is 2. The van der Waals surface area contributed by atoms with Gasteiger partial charge < -0.3 is 35.0 Å². The van der Waals surface area contributed by atoms with E-state index in [1.165, 1.54) is 24.3 Å². The smallest absolute Gasteiger partial charge is 0.335 e. The zero-order valence-corrected chi connectivity index (χ0v) is 39.4. The Morgan fingerprint density at radius 2 is 1.08 bits per heavy atom. The van der Waals surface area contributed by atoms with E-state index in [9.17, 15) is 23.5 Å². The number of carbonyl (C=O) groups excluding carboxylic acids is 1. The third-order valence-electron chi connectivity index (χ3n) is 13.1. The number of anilines is 6. The Morgan fingerprint density at radius 3 is 1.52 bits per heavy atom. The quantitative estimate of drug-likeness (QED) is 0.0996. The molecule has 71 heavy (non-hydrogen) atoms. The number of nitrogens with one attached hydrogen (secondary N) is 2. The van der Waals surface area contributed by atoms with Crippen molar-refractivity contribution >= 4 is 67.7 Å². The Hall–Kier alpha value is -7.88. The number of morpholine rings is 2. The Bertz CT molecular complexity index is 3270. The number of rotatable bonds is 12. The first-order chi connectivity index (χ1) is 34.5. The van der Waals surface area contributed by atoms with Crippen molar-refractivity contribution in [3.05, 3.63) is 155 Å². The molecule has 3 fully saturated rings. The highest BCUT2D eigenvalue weighted by Gasteiger charge is 2.26. The molecular weight excluding hydrogens is 903 g/mol. The van der Waals surface area contributed by atoms with E-state index in [0.717, 1.165) is 82.0 Å². The maximum atomic E-state index is 14.2. The van der Waals surface area contributed by atoms with Crippen LogP contribution >= 0.6 is 0 Å². The van der Waals surface area contributed by atoms with Crippen molar-refractivity contribution < 1.29 is 33.0 Å². The average molecular weight is 955 g/mol. The van der Waals surface area contributed by atoms with Gasteiger partial charge >= 0.3 is 5.97 Å². The van der Waals surface area contributed by atoms with Crippen molar-refractivity contribution in [2.75, 3.05) is 73.0 Å². The SMILES string of the molecule is Cc1c(-c2ccccn2)nc2cc(F)ccc2c1Nc1cc(C(=O)CC2CC2)cc(N2CCOCC2)c1.Cc1c(-c2ccccn2)nc2cc(F)ccc2c1Nc1cc(C(=O)O)cc(N2CCOCC2)c1. The fourth-order valence-electron chi connectivity index (χ4n) is 9.14. The van der Waals surface area contributed by atoms with Crippen molar-refractivity contribution in [3.8, 4) is 22.8 Å². The Labute approximate surface area is 409 Å². The lowest BCUT2D eigenvalue weighted by Gasteiger charge is -2.29. The van der Waals surface area contributed by atoms with E-state index in [1.54, 1.807) is 36.7 Å². The topological polar surface area (TPSA) is 155 Å². The Morgan fingerprint density at radius 1 is 0.620 bits per heavy atom. The summed E-state index contributed by atoms with van der Waals surface area (Å²) in [6.07, 6.45) is 6.27. The molecule has 1 saturated carbocycles. The van der Waals surface area contributed by atoms with Gasteiger partial charge in [-0.25, -0.2) is 23.5 Å². The van der Waals surface area contributed by atoms with Crippen LogP contribution in [0.1, 0.15) is 51.1 Å². The normalized spacial score (nSPS) is 14.8. The van der Waals surface area contributed by atoms with Gasteiger partial charge in [0.1, 0.15) is 11.6 Å². The predicted molar refractivity (Wildman–Crippen MR) is 273 cm³/mol. The first-order valence-electron chi connectivity index (χ1n) is 23.8. The van der Waals surface area contributed by atoms with Crippen molar-refractivity contribution in [3.63, 3.8) is 0 Å². The summed E-state index contributed by atoms with van der Waals surface area (Å²) < 4.78 is 39.3. The van der Waals surface area contributed by atoms with E-state index in [0.29, 0.717) is 91.2 Å². The first kappa shape index (κ1) is 46.8. The number of fused-ring (bicyclic) bond motifs is 2. The van der Waals surface area contributed by atoms with Crippen molar-refractivity contribution in [1.29, 1.82) is 0 Å². The molecule has 2 saturated heterocycles. The molecule has 4 aromatic heterocycles. The number of hydrogen-bond donors (Lipinski definition) is 3. The Kier molecular flexibility index (Phi) is 13.6. The highest BCUT2D eigenvalue weighted by atomic mass is 19.1. The van der Waals surface area contributed by atoms with Crippen molar-refractivity contribution in [2.45, 2.75) is 33.1 Å². The summed E-state index contributed by atoms with van der Waals surface area (Å²) in [5, 5.41) is 18.2. The largest absolute Gasteiger partial charge is 0.478 e. The minimum Gasteiger partial charge on any atom is -0.478 e. The molecule has 13 nitrogen and oxygen atoms in total. The summed E-state index contributed by atoms with van der Waals surface area (Å²) in [5.41, 5.74) is 11.1. The molecule has 360 valence electrons. The van der Waals surface area contributed by atoms with Crippen LogP contribution in [-0.2, 0) is 9.47 Å². The number of carboxylic acid groups (broad SMARTS) is 1. The molecule has 6 heterocycles. The lowest BCUT2D eigenvalue weighted by atomic mass is 10.0. The van der Waals surface area contributed by atoms with Crippen molar-refractivity contribution in [1.82, 2.24) is 19.9 Å². The fraction of sp³-hybridized carbons (Fsp3) is 0.250. The number of pyridine rings is 4. The minimum absolute atomic E-state index is 0.174. The maximum absolute atomic E-state index is 14.2. The van der Waals surface area contributed by atoms with Gasteiger partial charge in [-0.15, -0.1) is 0 Å². The van der Waals surface area contributed by atoms with E-state index < -0.39 is 5.97 Å². The monoisotopic (exact) mass is 954 g/mol. The number of nitrogens with zero attached hydrogens (tertiary/aromatic N) is 6. The second kappa shape index (κ2) is 20.6. The zero-order valence-electron chi connectivity index (χ0n) is 39.4. The molecule has 8 aromatic rings. The summed E-state index contributed by atoms with van der Waals surface area (Å²) in [4.78, 5) is 47.7. The van der Waals surface area contributed by atoms with Gasteiger partial charge in [-0.3, -0.25) is 14.8 Å². The van der Waals surface area contributed by atoms with Crippen LogP contribution < -0.4 is 20.4 Å². The standard InChI is InChI=1S/C30H29FN4O2.C26H23FN4O3/c1-19-29(25-8-7-22(31)17-27(25)34-30(19)26-4-2-3-9-32-26)33-23-15-21(28(36)14-20-5-6-20)16-24(18-23)35-10-12-37-13-11-35;1-16-24(21-6-5-18(27)14-23(21)30-25(16)22-4-2-3-7-28-22)29-19-12-17(26(32)33)13-20(15-19)31-8-10-34-11-9-31/h2-4,7-9,15-18,20H,5-6,10-14H2,1H3,(H,33,34);2-7,12-15H,8-11H2,1H3,(H,29,30)(H,32,33). The second-order valence-corrected chi connectivity index (χ2v) is 18.0. The van der Waals surface area contributed by atoms with Crippen LogP contribution in [0.25, 0.3) is 44.6 Å². The molecule has 15 heteroatoms. The molecular formula is C56H52F2N8O5. The van der Waals surface area contributed by atoms with E-state index in [4.69, 9.17) is 14.5 Å². The summed E-state index contributed by atoms with van der Waals surface area (Å²) in [6.45, 7) is 9.34. The molecule has 0 amide bonds. The second-order valence-electron chi connectivity index (χ2n) is 18.0. The lowest BCUT2D eigenvalue weighted by Crippen LogP contribution is -2.36. The fourth-order valence-corrected chi connectivity index (χ4v) is 9.14. The van der Waals surface area contributed by atoms with Crippen LogP contribution in [0.2, 0.25) is 0 Å². The van der Waals surface area contributed by atoms with Gasteiger partial charge in [0, 0.05) is 107 Å². The molecule has 0 atom stereocenters. The predicted octanol–water partition coefficient (Wildman–Crippen LogP) is 11.3. The van der Waals surface area contributed by atoms with E-state index >= 15 is 0 Å². The van der Waals surface area contributed by atoms with Gasteiger partial charge in [0.25, 0.3) is 0 Å². The zero-order chi connectivity index (χ0) is 49.0. The molecule has 0 bridgehead atoms. The number of carbonyl (C=O) groups is 2. The number of aromatic nitrogens is 4. The van der Waals surface area contributed by atoms with Gasteiger partial charge in [0.2, 0.25) is 0 Å². The summed E-state index contributed by atoms with van der Waals surface area (Å²) >= 11 is 0. The van der Waals surface area contributed by atoms with Gasteiger partial charge in [-0.1, -0.05) is 12.1 Å². The molecule has 2 aliphatic heterocycles. The minimum atomic E-state index is -1.01. The number of Topliss-reactive ketones (excluding diaryl/α,β-unsaturated/α-hetero) is 1. The number of aromatic carboxylic acids is 1. The van der Waals surface area contributed by atoms with Gasteiger partial charge in [0.15, 0.2) is 5.78 Å². The first-order valence-corrected chi connectivity index (χ1v) is 23.8. The summed E-state index contributed by atoms with van der Waals surface area (Å²) in [5.74, 6) is -1.05. The van der Waals surface area contributed by atoms with Gasteiger partial charge in [-0.2, -0.15) is 0 Å². The number of halogens is 2. The highest BCUT2D eigenvalue weighted by molar-refractivity contribution is 6.01. The third-order valence-corrected chi connectivity index (χ3v) is 13.1. The van der Waals surface area contributed by atoms with Crippen LogP contribution in [0, 0.1) is 31.4 Å². The number of hydrogen-bond acceptors (Lipinski definition) is 12. The lowest BCUT2D eigenvalue weighted by molar-refractivity contribution is 0.0696. The average Bonchev–Trinajstić information content (AvgIpc) is 4.23. The van der Waals surface area contributed by atoms with E-state index in [-0.39, 0.29) is 23.0 Å². The number of carboxylic acids is 1. The van der Waals surface area contributed by atoms with Crippen molar-refractivity contribution in [2.24, 2.45) is 5.92 Å². The van der Waals surface area contributed by atoms with E-state index in [2.05, 4.69) is 41.5 Å². The highest BCUT2D eigenvalue weighted by Crippen LogP contribution is 2.39. The molecule has 4 aromatic carbocycles. The van der Waals surface area contributed by atoms with E-state index in [1.807, 2.05) is 68.4 Å². The Balaban J connectivity index is 0.000000165. The molecule has 1 aliphatic carbocycles. The molecule has 0 unspecified atom stereocenters. The summed E-state index contributed by atoms with van der Waals surface area (Å²) in [6, 6.07) is 31.5. The van der Waals surface area contributed by atoms with Gasteiger partial charge in [-0.05, 0) is 118 Å². The molecule has 3 N–H and O–H groups in total.